The summed E-state index contributed by atoms with van der Waals surface area (Å²) in [5.41, 5.74) is 1.84. The molecule has 2 rings (SSSR count). The molecule has 25 heavy (non-hydrogen) atoms. The fourth-order valence-electron chi connectivity index (χ4n) is 2.12. The normalized spacial score (nSPS) is 11.6. The Kier molecular flexibility index (Phi) is 7.29. The van der Waals surface area contributed by atoms with Gasteiger partial charge in [0, 0.05) is 12.3 Å². The third-order valence-corrected chi connectivity index (χ3v) is 3.53. The molecule has 0 aromatic heterocycles. The molecule has 5 nitrogen and oxygen atoms in total. The number of ether oxygens (including phenoxy) is 3. The van der Waals surface area contributed by atoms with E-state index in [9.17, 15) is 4.79 Å². The van der Waals surface area contributed by atoms with Crippen molar-refractivity contribution in [1.29, 1.82) is 0 Å². The molecule has 0 heterocycles. The molecule has 0 saturated carbocycles. The monoisotopic (exact) mass is 343 g/mol. The minimum absolute atomic E-state index is 0.203. The predicted molar refractivity (Wildman–Crippen MR) is 98.3 cm³/mol. The lowest BCUT2D eigenvalue weighted by Gasteiger charge is -2.15. The number of rotatable bonds is 9. The van der Waals surface area contributed by atoms with Gasteiger partial charge < -0.3 is 19.5 Å². The largest absolute Gasteiger partial charge is 0.491 e. The fourth-order valence-corrected chi connectivity index (χ4v) is 2.12. The standard InChI is InChI=1S/C20H25NO4/c1-4-23-13-14-24-18-11-7-17(8-12-18)21-20(22)16(3)25-19-9-5-15(2)6-10-19/h5-12,16H,4,13-14H2,1-3H3,(H,21,22)/t16-/m0/s1. The molecule has 0 bridgehead atoms. The van der Waals surface area contributed by atoms with Crippen molar-refractivity contribution in [1.82, 2.24) is 0 Å². The molecule has 0 unspecified atom stereocenters. The number of nitrogens with one attached hydrogen (secondary N) is 1. The van der Waals surface area contributed by atoms with E-state index in [1.54, 1.807) is 19.1 Å². The summed E-state index contributed by atoms with van der Waals surface area (Å²) in [6.45, 7) is 7.41. The van der Waals surface area contributed by atoms with Crippen LogP contribution >= 0.6 is 0 Å². The predicted octanol–water partition coefficient (Wildman–Crippen LogP) is 3.82. The van der Waals surface area contributed by atoms with Gasteiger partial charge in [-0.2, -0.15) is 0 Å². The van der Waals surface area contributed by atoms with Crippen LogP contribution in [0.5, 0.6) is 11.5 Å². The SMILES string of the molecule is CCOCCOc1ccc(NC(=O)[C@H](C)Oc2ccc(C)cc2)cc1. The van der Waals surface area contributed by atoms with E-state index in [0.717, 1.165) is 11.3 Å². The van der Waals surface area contributed by atoms with Crippen LogP contribution in [-0.4, -0.2) is 31.8 Å². The van der Waals surface area contributed by atoms with Gasteiger partial charge in [-0.1, -0.05) is 17.7 Å². The van der Waals surface area contributed by atoms with Crippen molar-refractivity contribution in [3.8, 4) is 11.5 Å². The molecule has 134 valence electrons. The molecule has 0 aliphatic carbocycles. The first-order valence-electron chi connectivity index (χ1n) is 8.43. The average Bonchev–Trinajstić information content (AvgIpc) is 2.62. The van der Waals surface area contributed by atoms with E-state index in [1.165, 1.54) is 0 Å². The van der Waals surface area contributed by atoms with Gasteiger partial charge in [0.05, 0.1) is 6.61 Å². The number of aryl methyl sites for hydroxylation is 1. The summed E-state index contributed by atoms with van der Waals surface area (Å²) < 4.78 is 16.4. The van der Waals surface area contributed by atoms with Gasteiger partial charge in [-0.25, -0.2) is 0 Å². The zero-order valence-corrected chi connectivity index (χ0v) is 15.0. The second-order valence-electron chi connectivity index (χ2n) is 5.63. The van der Waals surface area contributed by atoms with Crippen LogP contribution < -0.4 is 14.8 Å². The Morgan fingerprint density at radius 2 is 1.64 bits per heavy atom. The maximum absolute atomic E-state index is 12.2. The van der Waals surface area contributed by atoms with Crippen LogP contribution in [0.2, 0.25) is 0 Å². The Morgan fingerprint density at radius 1 is 1.00 bits per heavy atom. The van der Waals surface area contributed by atoms with Crippen molar-refractivity contribution in [2.45, 2.75) is 26.9 Å². The number of carbonyl (C=O) groups excluding carboxylic acids is 1. The first kappa shape index (κ1) is 18.8. The van der Waals surface area contributed by atoms with Crippen molar-refractivity contribution in [2.24, 2.45) is 0 Å². The lowest BCUT2D eigenvalue weighted by atomic mass is 10.2. The fraction of sp³-hybridized carbons (Fsp3) is 0.350. The molecule has 1 N–H and O–H groups in total. The Hall–Kier alpha value is -2.53. The molecular formula is C20H25NO4. The first-order chi connectivity index (χ1) is 12.1. The lowest BCUT2D eigenvalue weighted by molar-refractivity contribution is -0.122. The van der Waals surface area contributed by atoms with Gasteiger partial charge in [-0.3, -0.25) is 4.79 Å². The summed E-state index contributed by atoms with van der Waals surface area (Å²) in [6.07, 6.45) is -0.593. The number of hydrogen-bond acceptors (Lipinski definition) is 4. The van der Waals surface area contributed by atoms with Crippen LogP contribution in [0.15, 0.2) is 48.5 Å². The topological polar surface area (TPSA) is 56.8 Å². The van der Waals surface area contributed by atoms with Gasteiger partial charge in [0.1, 0.15) is 18.1 Å². The van der Waals surface area contributed by atoms with Crippen molar-refractivity contribution < 1.29 is 19.0 Å². The zero-order valence-electron chi connectivity index (χ0n) is 15.0. The van der Waals surface area contributed by atoms with Gasteiger partial charge in [0.2, 0.25) is 0 Å². The van der Waals surface area contributed by atoms with Gasteiger partial charge >= 0.3 is 0 Å². The summed E-state index contributed by atoms with van der Waals surface area (Å²) in [7, 11) is 0. The maximum atomic E-state index is 12.2. The Labute approximate surface area is 148 Å². The highest BCUT2D eigenvalue weighted by Crippen LogP contribution is 2.17. The van der Waals surface area contributed by atoms with E-state index in [1.807, 2.05) is 50.2 Å². The maximum Gasteiger partial charge on any atom is 0.265 e. The molecule has 0 radical (unpaired) electrons. The third-order valence-electron chi connectivity index (χ3n) is 3.53. The van der Waals surface area contributed by atoms with E-state index in [4.69, 9.17) is 14.2 Å². The van der Waals surface area contributed by atoms with Gasteiger partial charge in [0.15, 0.2) is 6.10 Å². The van der Waals surface area contributed by atoms with Gasteiger partial charge in [-0.05, 0) is 57.2 Å². The van der Waals surface area contributed by atoms with Gasteiger partial charge in [0.25, 0.3) is 5.91 Å². The first-order valence-corrected chi connectivity index (χ1v) is 8.43. The number of amides is 1. The molecule has 2 aromatic rings. The second kappa shape index (κ2) is 9.69. The number of benzene rings is 2. The Balaban J connectivity index is 1.81. The van der Waals surface area contributed by atoms with E-state index >= 15 is 0 Å². The minimum atomic E-state index is -0.593. The quantitative estimate of drug-likeness (QED) is 0.703. The molecule has 0 aliphatic heterocycles. The van der Waals surface area contributed by atoms with Crippen LogP contribution in [0.1, 0.15) is 19.4 Å². The average molecular weight is 343 g/mol. The smallest absolute Gasteiger partial charge is 0.265 e. The number of hydrogen-bond donors (Lipinski definition) is 1. The van der Waals surface area contributed by atoms with E-state index in [-0.39, 0.29) is 5.91 Å². The molecule has 0 saturated heterocycles. The Morgan fingerprint density at radius 3 is 2.28 bits per heavy atom. The van der Waals surface area contributed by atoms with Crippen LogP contribution in [-0.2, 0) is 9.53 Å². The molecule has 0 fully saturated rings. The van der Waals surface area contributed by atoms with Crippen molar-refractivity contribution >= 4 is 11.6 Å². The van der Waals surface area contributed by atoms with Gasteiger partial charge in [-0.15, -0.1) is 0 Å². The summed E-state index contributed by atoms with van der Waals surface area (Å²) in [5, 5.41) is 2.83. The van der Waals surface area contributed by atoms with E-state index in [0.29, 0.717) is 31.3 Å². The third kappa shape index (κ3) is 6.47. The Bertz CT molecular complexity index is 652. The molecule has 5 heteroatoms. The molecule has 2 aromatic carbocycles. The molecule has 1 amide bonds. The molecule has 1 atom stereocenters. The number of carbonyl (C=O) groups is 1. The molecule has 0 spiro atoms. The highest BCUT2D eigenvalue weighted by atomic mass is 16.5. The molecular weight excluding hydrogens is 318 g/mol. The van der Waals surface area contributed by atoms with Crippen LogP contribution in [0.3, 0.4) is 0 Å². The highest BCUT2D eigenvalue weighted by Gasteiger charge is 2.14. The minimum Gasteiger partial charge on any atom is -0.491 e. The number of anilines is 1. The van der Waals surface area contributed by atoms with Crippen molar-refractivity contribution in [3.05, 3.63) is 54.1 Å². The molecule has 0 aliphatic rings. The van der Waals surface area contributed by atoms with E-state index < -0.39 is 6.10 Å². The summed E-state index contributed by atoms with van der Waals surface area (Å²) in [6, 6.07) is 14.8. The summed E-state index contributed by atoms with van der Waals surface area (Å²) >= 11 is 0. The van der Waals surface area contributed by atoms with Crippen LogP contribution in [0, 0.1) is 6.92 Å². The summed E-state index contributed by atoms with van der Waals surface area (Å²) in [4.78, 5) is 12.2. The van der Waals surface area contributed by atoms with Crippen molar-refractivity contribution in [3.63, 3.8) is 0 Å². The second-order valence-corrected chi connectivity index (χ2v) is 5.63. The van der Waals surface area contributed by atoms with E-state index in [2.05, 4.69) is 5.32 Å². The van der Waals surface area contributed by atoms with Crippen molar-refractivity contribution in [2.75, 3.05) is 25.1 Å². The summed E-state index contributed by atoms with van der Waals surface area (Å²) in [5.74, 6) is 1.21. The lowest BCUT2D eigenvalue weighted by Crippen LogP contribution is -2.30. The zero-order chi connectivity index (χ0) is 18.1. The van der Waals surface area contributed by atoms with Crippen LogP contribution in [0.25, 0.3) is 0 Å². The highest BCUT2D eigenvalue weighted by molar-refractivity contribution is 5.94. The van der Waals surface area contributed by atoms with Crippen LogP contribution in [0.4, 0.5) is 5.69 Å².